The van der Waals surface area contributed by atoms with Crippen molar-refractivity contribution in [1.82, 2.24) is 4.98 Å². The maximum atomic E-state index is 13.5. The van der Waals surface area contributed by atoms with Crippen molar-refractivity contribution in [3.05, 3.63) is 59.9 Å². The molecular weight excluding hydrogens is 222 g/mol. The second-order valence-electron chi connectivity index (χ2n) is 3.77. The molecular formula is C13H12F2N2. The summed E-state index contributed by atoms with van der Waals surface area (Å²) in [5.41, 5.74) is 1.07. The predicted octanol–water partition coefficient (Wildman–Crippen LogP) is 3.53. The number of rotatable bonds is 3. The van der Waals surface area contributed by atoms with Crippen LogP contribution in [0, 0.1) is 11.6 Å². The molecule has 17 heavy (non-hydrogen) atoms. The van der Waals surface area contributed by atoms with E-state index in [1.54, 1.807) is 25.4 Å². The number of hydrogen-bond acceptors (Lipinski definition) is 2. The van der Waals surface area contributed by atoms with Crippen molar-refractivity contribution >= 4 is 5.69 Å². The molecule has 1 N–H and O–H groups in total. The Morgan fingerprint density at radius 3 is 2.76 bits per heavy atom. The molecule has 1 aromatic heterocycles. The Morgan fingerprint density at radius 2 is 2.06 bits per heavy atom. The molecule has 0 saturated carbocycles. The van der Waals surface area contributed by atoms with E-state index in [-0.39, 0.29) is 6.04 Å². The molecule has 88 valence electrons. The summed E-state index contributed by atoms with van der Waals surface area (Å²) >= 11 is 0. The van der Waals surface area contributed by atoms with Gasteiger partial charge in [0, 0.05) is 18.0 Å². The second-order valence-corrected chi connectivity index (χ2v) is 3.77. The quantitative estimate of drug-likeness (QED) is 0.878. The molecule has 2 nitrogen and oxygen atoms in total. The Bertz CT molecular complexity index is 500. The Morgan fingerprint density at radius 1 is 1.24 bits per heavy atom. The molecule has 0 amide bonds. The highest BCUT2D eigenvalue weighted by molar-refractivity contribution is 5.42. The third-order valence-corrected chi connectivity index (χ3v) is 2.47. The van der Waals surface area contributed by atoms with Crippen LogP contribution in [0.25, 0.3) is 0 Å². The van der Waals surface area contributed by atoms with E-state index in [0.29, 0.717) is 5.56 Å². The van der Waals surface area contributed by atoms with Crippen molar-refractivity contribution in [2.75, 3.05) is 5.32 Å². The van der Waals surface area contributed by atoms with E-state index < -0.39 is 11.6 Å². The number of nitrogens with zero attached hydrogens (tertiary/aromatic N) is 1. The molecule has 1 unspecified atom stereocenters. The van der Waals surface area contributed by atoms with Gasteiger partial charge in [0.2, 0.25) is 0 Å². The Balaban J connectivity index is 2.20. The number of hydrogen-bond donors (Lipinski definition) is 1. The molecule has 4 heteroatoms. The lowest BCUT2D eigenvalue weighted by Crippen LogP contribution is -2.09. The van der Waals surface area contributed by atoms with E-state index >= 15 is 0 Å². The summed E-state index contributed by atoms with van der Waals surface area (Å²) in [7, 11) is 0. The van der Waals surface area contributed by atoms with Crippen molar-refractivity contribution in [2.24, 2.45) is 0 Å². The lowest BCUT2D eigenvalue weighted by molar-refractivity contribution is 0.577. The summed E-state index contributed by atoms with van der Waals surface area (Å²) in [6.45, 7) is 1.77. The Labute approximate surface area is 98.3 Å². The van der Waals surface area contributed by atoms with Crippen LogP contribution in [0.15, 0.2) is 42.7 Å². The van der Waals surface area contributed by atoms with Crippen molar-refractivity contribution in [1.29, 1.82) is 0 Å². The second kappa shape index (κ2) is 4.91. The van der Waals surface area contributed by atoms with Crippen LogP contribution in [-0.4, -0.2) is 4.98 Å². The number of nitrogens with one attached hydrogen (secondary N) is 1. The normalized spacial score (nSPS) is 12.2. The average Bonchev–Trinajstić information content (AvgIpc) is 2.33. The molecule has 1 aromatic carbocycles. The van der Waals surface area contributed by atoms with Crippen LogP contribution in [-0.2, 0) is 0 Å². The average molecular weight is 234 g/mol. The number of benzene rings is 1. The van der Waals surface area contributed by atoms with E-state index in [0.717, 1.165) is 17.8 Å². The van der Waals surface area contributed by atoms with E-state index in [1.165, 1.54) is 6.07 Å². The van der Waals surface area contributed by atoms with Crippen LogP contribution in [0.4, 0.5) is 14.5 Å². The van der Waals surface area contributed by atoms with Gasteiger partial charge in [-0.2, -0.15) is 0 Å². The van der Waals surface area contributed by atoms with Gasteiger partial charge in [-0.25, -0.2) is 8.78 Å². The molecule has 0 fully saturated rings. The van der Waals surface area contributed by atoms with Crippen molar-refractivity contribution in [2.45, 2.75) is 13.0 Å². The number of halogens is 2. The Hall–Kier alpha value is -1.97. The van der Waals surface area contributed by atoms with Gasteiger partial charge in [0.05, 0.1) is 11.7 Å². The van der Waals surface area contributed by atoms with Gasteiger partial charge in [0.1, 0.15) is 11.6 Å². The molecule has 0 aliphatic carbocycles. The highest BCUT2D eigenvalue weighted by Gasteiger charge is 2.11. The molecule has 0 bridgehead atoms. The fourth-order valence-corrected chi connectivity index (χ4v) is 1.62. The molecule has 2 aromatic rings. The molecule has 1 heterocycles. The van der Waals surface area contributed by atoms with Gasteiger partial charge in [-0.15, -0.1) is 0 Å². The molecule has 1 atom stereocenters. The fraction of sp³-hybridized carbons (Fsp3) is 0.154. The van der Waals surface area contributed by atoms with Gasteiger partial charge in [-0.1, -0.05) is 0 Å². The monoisotopic (exact) mass is 234 g/mol. The van der Waals surface area contributed by atoms with Crippen LogP contribution in [0.1, 0.15) is 18.5 Å². The largest absolute Gasteiger partial charge is 0.377 e. The minimum Gasteiger partial charge on any atom is -0.377 e. The van der Waals surface area contributed by atoms with Gasteiger partial charge in [-0.05, 0) is 37.3 Å². The Kier molecular flexibility index (Phi) is 3.32. The van der Waals surface area contributed by atoms with Gasteiger partial charge >= 0.3 is 0 Å². The van der Waals surface area contributed by atoms with Crippen LogP contribution >= 0.6 is 0 Å². The fourth-order valence-electron chi connectivity index (χ4n) is 1.62. The molecule has 0 saturated heterocycles. The highest BCUT2D eigenvalue weighted by atomic mass is 19.1. The third kappa shape index (κ3) is 2.78. The lowest BCUT2D eigenvalue weighted by Gasteiger charge is -2.16. The minimum absolute atomic E-state index is 0.300. The van der Waals surface area contributed by atoms with Gasteiger partial charge in [-0.3, -0.25) is 4.98 Å². The van der Waals surface area contributed by atoms with E-state index in [2.05, 4.69) is 10.3 Å². The lowest BCUT2D eigenvalue weighted by atomic mass is 10.1. The molecule has 0 aliphatic heterocycles. The maximum absolute atomic E-state index is 13.5. The van der Waals surface area contributed by atoms with Crippen molar-refractivity contribution in [3.63, 3.8) is 0 Å². The summed E-state index contributed by atoms with van der Waals surface area (Å²) in [6, 6.07) is 6.71. The van der Waals surface area contributed by atoms with Gasteiger partial charge in [0.15, 0.2) is 0 Å². The SMILES string of the molecule is CC(Nc1cccnc1)c1cc(F)ccc1F. The molecule has 2 rings (SSSR count). The van der Waals surface area contributed by atoms with Crippen molar-refractivity contribution < 1.29 is 8.78 Å². The molecule has 0 spiro atoms. The minimum atomic E-state index is -0.443. The van der Waals surface area contributed by atoms with Gasteiger partial charge < -0.3 is 5.32 Å². The molecule has 0 aliphatic rings. The first kappa shape index (κ1) is 11.5. The van der Waals surface area contributed by atoms with Crippen LogP contribution in [0.5, 0.6) is 0 Å². The zero-order valence-electron chi connectivity index (χ0n) is 9.32. The number of pyridine rings is 1. The first-order chi connectivity index (χ1) is 8.16. The summed E-state index contributed by atoms with van der Waals surface area (Å²) in [5.74, 6) is -0.864. The number of aromatic nitrogens is 1. The first-order valence-corrected chi connectivity index (χ1v) is 5.28. The van der Waals surface area contributed by atoms with Crippen molar-refractivity contribution in [3.8, 4) is 0 Å². The smallest absolute Gasteiger partial charge is 0.128 e. The summed E-state index contributed by atoms with van der Waals surface area (Å²) in [5, 5.41) is 3.06. The molecule has 0 radical (unpaired) electrons. The van der Waals surface area contributed by atoms with Crippen LogP contribution in [0.3, 0.4) is 0 Å². The van der Waals surface area contributed by atoms with Crippen LogP contribution < -0.4 is 5.32 Å². The summed E-state index contributed by atoms with van der Waals surface area (Å²) < 4.78 is 26.5. The highest BCUT2D eigenvalue weighted by Crippen LogP contribution is 2.21. The van der Waals surface area contributed by atoms with Gasteiger partial charge in [0.25, 0.3) is 0 Å². The van der Waals surface area contributed by atoms with Crippen LogP contribution in [0.2, 0.25) is 0 Å². The first-order valence-electron chi connectivity index (χ1n) is 5.28. The zero-order chi connectivity index (χ0) is 12.3. The van der Waals surface area contributed by atoms with E-state index in [1.807, 2.05) is 6.07 Å². The standard InChI is InChI=1S/C13H12F2N2/c1-9(17-11-3-2-6-16-8-11)12-7-10(14)4-5-13(12)15/h2-9,17H,1H3. The maximum Gasteiger partial charge on any atom is 0.128 e. The van der Waals surface area contributed by atoms with E-state index in [4.69, 9.17) is 0 Å². The topological polar surface area (TPSA) is 24.9 Å². The zero-order valence-corrected chi connectivity index (χ0v) is 9.32. The van der Waals surface area contributed by atoms with E-state index in [9.17, 15) is 8.78 Å². The predicted molar refractivity (Wildman–Crippen MR) is 62.6 cm³/mol. The summed E-state index contributed by atoms with van der Waals surface area (Å²) in [4.78, 5) is 3.94. The summed E-state index contributed by atoms with van der Waals surface area (Å²) in [6.07, 6.45) is 3.28. The number of anilines is 1. The third-order valence-electron chi connectivity index (χ3n) is 2.47.